The lowest BCUT2D eigenvalue weighted by molar-refractivity contribution is -0.384. The van der Waals surface area contributed by atoms with E-state index in [2.05, 4.69) is 0 Å². The molecule has 1 aliphatic carbocycles. The second-order valence-corrected chi connectivity index (χ2v) is 5.15. The third-order valence-corrected chi connectivity index (χ3v) is 3.89. The first kappa shape index (κ1) is 12.9. The van der Waals surface area contributed by atoms with Gasteiger partial charge >= 0.3 is 11.3 Å². The van der Waals surface area contributed by atoms with Crippen LogP contribution in [0.2, 0.25) is 5.02 Å². The Morgan fingerprint density at radius 2 is 1.95 bits per heavy atom. The van der Waals surface area contributed by atoms with Crippen LogP contribution in [0.4, 0.5) is 5.69 Å². The lowest BCUT2D eigenvalue weighted by Gasteiger charge is -2.16. The Kier molecular flexibility index (Phi) is 2.90. The van der Waals surface area contributed by atoms with Crippen molar-refractivity contribution in [2.24, 2.45) is 0 Å². The Morgan fingerprint density at radius 3 is 2.60 bits per heavy atom. The van der Waals surface area contributed by atoms with Crippen LogP contribution in [-0.2, 0) is 12.8 Å². The molecule has 2 aromatic rings. The fraction of sp³-hybridized carbons (Fsp3) is 0.308. The van der Waals surface area contributed by atoms with E-state index >= 15 is 0 Å². The van der Waals surface area contributed by atoms with Crippen LogP contribution in [0.15, 0.2) is 15.3 Å². The second-order valence-electron chi connectivity index (χ2n) is 4.74. The molecule has 0 spiro atoms. The van der Waals surface area contributed by atoms with Crippen LogP contribution in [0, 0.1) is 10.1 Å². The van der Waals surface area contributed by atoms with Gasteiger partial charge in [0.25, 0.3) is 0 Å². The van der Waals surface area contributed by atoms with E-state index in [1.54, 1.807) is 0 Å². The lowest BCUT2D eigenvalue weighted by atomic mass is 9.90. The molecule has 0 radical (unpaired) electrons. The maximum Gasteiger partial charge on any atom is 0.355 e. The van der Waals surface area contributed by atoms with Crippen molar-refractivity contribution in [2.45, 2.75) is 25.7 Å². The SMILES string of the molecule is O=c1oc2c([N+](=O)[O-])c(O)c(Cl)cc2c2c1CCCC2. The fourth-order valence-electron chi connectivity index (χ4n) is 2.69. The maximum absolute atomic E-state index is 11.9. The van der Waals surface area contributed by atoms with Crippen LogP contribution < -0.4 is 5.63 Å². The van der Waals surface area contributed by atoms with E-state index < -0.39 is 22.0 Å². The Labute approximate surface area is 117 Å². The van der Waals surface area contributed by atoms with Crippen LogP contribution in [0.1, 0.15) is 24.0 Å². The normalized spacial score (nSPS) is 14.2. The first-order valence-corrected chi connectivity index (χ1v) is 6.53. The van der Waals surface area contributed by atoms with Crippen molar-refractivity contribution < 1.29 is 14.4 Å². The van der Waals surface area contributed by atoms with Crippen LogP contribution in [-0.4, -0.2) is 10.0 Å². The van der Waals surface area contributed by atoms with Gasteiger partial charge in [-0.05, 0) is 37.3 Å². The van der Waals surface area contributed by atoms with Gasteiger partial charge in [-0.15, -0.1) is 0 Å². The molecule has 0 fully saturated rings. The Balaban J connectivity index is 2.52. The van der Waals surface area contributed by atoms with E-state index in [1.165, 1.54) is 6.07 Å². The number of nitro benzene ring substituents is 1. The zero-order valence-corrected chi connectivity index (χ0v) is 11.1. The van der Waals surface area contributed by atoms with Gasteiger partial charge in [-0.2, -0.15) is 0 Å². The quantitative estimate of drug-likeness (QED) is 0.496. The molecule has 7 heteroatoms. The molecule has 6 nitrogen and oxygen atoms in total. The number of rotatable bonds is 1. The van der Waals surface area contributed by atoms with Gasteiger partial charge in [0.1, 0.15) is 0 Å². The molecular formula is C13H10ClNO5. The van der Waals surface area contributed by atoms with Crippen LogP contribution in [0.3, 0.4) is 0 Å². The molecule has 0 aliphatic heterocycles. The van der Waals surface area contributed by atoms with Crippen LogP contribution >= 0.6 is 11.6 Å². The number of halogens is 1. The summed E-state index contributed by atoms with van der Waals surface area (Å²) in [6.45, 7) is 0. The number of hydrogen-bond acceptors (Lipinski definition) is 5. The standard InChI is InChI=1S/C13H10ClNO5/c14-9-5-8-6-3-1-2-4-7(6)13(17)20-12(8)10(11(9)16)15(18)19/h5,16H,1-4H2. The number of nitrogens with zero attached hydrogens (tertiary/aromatic N) is 1. The summed E-state index contributed by atoms with van der Waals surface area (Å²) in [5, 5.41) is 21.1. The number of aryl methyl sites for hydroxylation is 1. The molecule has 0 atom stereocenters. The topological polar surface area (TPSA) is 93.6 Å². The highest BCUT2D eigenvalue weighted by Crippen LogP contribution is 2.42. The Bertz CT molecular complexity index is 796. The summed E-state index contributed by atoms with van der Waals surface area (Å²) in [6, 6.07) is 1.42. The summed E-state index contributed by atoms with van der Waals surface area (Å²) >= 11 is 5.84. The minimum absolute atomic E-state index is 0.120. The molecule has 104 valence electrons. The van der Waals surface area contributed by atoms with Crippen LogP contribution in [0.5, 0.6) is 5.75 Å². The Hall–Kier alpha value is -2.08. The maximum atomic E-state index is 11.9. The highest BCUT2D eigenvalue weighted by atomic mass is 35.5. The van der Waals surface area contributed by atoms with E-state index in [1.807, 2.05) is 0 Å². The number of phenols is 1. The summed E-state index contributed by atoms with van der Waals surface area (Å²) in [6.07, 6.45) is 3.03. The van der Waals surface area contributed by atoms with Gasteiger partial charge in [0, 0.05) is 10.9 Å². The molecule has 20 heavy (non-hydrogen) atoms. The number of benzene rings is 1. The lowest BCUT2D eigenvalue weighted by Crippen LogP contribution is -2.16. The van der Waals surface area contributed by atoms with E-state index in [4.69, 9.17) is 16.0 Å². The third kappa shape index (κ3) is 1.76. The summed E-state index contributed by atoms with van der Waals surface area (Å²) in [5.41, 5.74) is -0.134. The average molecular weight is 296 g/mol. The van der Waals surface area contributed by atoms with Crippen LogP contribution in [0.25, 0.3) is 11.0 Å². The van der Waals surface area contributed by atoms with Gasteiger partial charge in [0.05, 0.1) is 9.95 Å². The molecule has 3 rings (SSSR count). The van der Waals surface area contributed by atoms with Crippen molar-refractivity contribution in [3.05, 3.63) is 42.8 Å². The molecule has 1 aromatic heterocycles. The van der Waals surface area contributed by atoms with Crippen molar-refractivity contribution in [3.63, 3.8) is 0 Å². The predicted molar refractivity (Wildman–Crippen MR) is 72.5 cm³/mol. The first-order chi connectivity index (χ1) is 9.50. The Morgan fingerprint density at radius 1 is 1.30 bits per heavy atom. The number of hydrogen-bond donors (Lipinski definition) is 1. The minimum atomic E-state index is -0.790. The summed E-state index contributed by atoms with van der Waals surface area (Å²) in [7, 11) is 0. The first-order valence-electron chi connectivity index (χ1n) is 6.15. The average Bonchev–Trinajstić information content (AvgIpc) is 2.41. The molecule has 0 saturated heterocycles. The second kappa shape index (κ2) is 4.49. The predicted octanol–water partition coefficient (Wildman–Crippen LogP) is 2.94. The number of phenolic OH excluding ortho intramolecular Hbond substituents is 1. The molecule has 1 aliphatic rings. The fourth-order valence-corrected chi connectivity index (χ4v) is 2.89. The molecule has 0 unspecified atom stereocenters. The molecule has 1 heterocycles. The number of nitro groups is 1. The van der Waals surface area contributed by atoms with Gasteiger partial charge < -0.3 is 9.52 Å². The van der Waals surface area contributed by atoms with Crippen molar-refractivity contribution in [1.29, 1.82) is 0 Å². The van der Waals surface area contributed by atoms with Gasteiger partial charge in [-0.3, -0.25) is 10.1 Å². The van der Waals surface area contributed by atoms with Gasteiger partial charge in [0.15, 0.2) is 0 Å². The molecule has 0 bridgehead atoms. The monoisotopic (exact) mass is 295 g/mol. The van der Waals surface area contributed by atoms with Gasteiger partial charge in [0.2, 0.25) is 11.3 Å². The van der Waals surface area contributed by atoms with Crippen molar-refractivity contribution >= 4 is 28.3 Å². The smallest absolute Gasteiger partial charge is 0.355 e. The zero-order chi connectivity index (χ0) is 14.4. The molecule has 0 amide bonds. The molecule has 1 aromatic carbocycles. The van der Waals surface area contributed by atoms with E-state index in [9.17, 15) is 20.0 Å². The largest absolute Gasteiger partial charge is 0.501 e. The molecule has 0 saturated carbocycles. The highest BCUT2D eigenvalue weighted by molar-refractivity contribution is 6.33. The zero-order valence-electron chi connectivity index (χ0n) is 10.3. The van der Waals surface area contributed by atoms with E-state index in [-0.39, 0.29) is 10.6 Å². The third-order valence-electron chi connectivity index (χ3n) is 3.60. The highest BCUT2D eigenvalue weighted by Gasteiger charge is 2.28. The molecular weight excluding hydrogens is 286 g/mol. The number of fused-ring (bicyclic) bond motifs is 3. The van der Waals surface area contributed by atoms with E-state index in [0.717, 1.165) is 18.4 Å². The minimum Gasteiger partial charge on any atom is -0.501 e. The number of aromatic hydroxyl groups is 1. The van der Waals surface area contributed by atoms with Crippen molar-refractivity contribution in [2.75, 3.05) is 0 Å². The van der Waals surface area contributed by atoms with Gasteiger partial charge in [-0.25, -0.2) is 4.79 Å². The summed E-state index contributed by atoms with van der Waals surface area (Å²) < 4.78 is 5.07. The van der Waals surface area contributed by atoms with Crippen molar-refractivity contribution in [1.82, 2.24) is 0 Å². The van der Waals surface area contributed by atoms with Gasteiger partial charge in [-0.1, -0.05) is 11.6 Å². The summed E-state index contributed by atoms with van der Waals surface area (Å²) in [4.78, 5) is 22.2. The van der Waals surface area contributed by atoms with Crippen molar-refractivity contribution in [3.8, 4) is 5.75 Å². The molecule has 1 N–H and O–H groups in total. The van der Waals surface area contributed by atoms with E-state index in [0.29, 0.717) is 23.8 Å². The summed E-state index contributed by atoms with van der Waals surface area (Å²) in [5.74, 6) is -0.678.